The van der Waals surface area contributed by atoms with Gasteiger partial charge in [-0.3, -0.25) is 4.79 Å². The first-order valence-corrected chi connectivity index (χ1v) is 5.74. The Morgan fingerprint density at radius 1 is 1.40 bits per heavy atom. The van der Waals surface area contributed by atoms with Crippen LogP contribution in [0.15, 0.2) is 0 Å². The van der Waals surface area contributed by atoms with Crippen LogP contribution in [0.25, 0.3) is 0 Å². The molecular formula is C12H25NO2. The Kier molecular flexibility index (Phi) is 5.88. The average molecular weight is 215 g/mol. The molecule has 0 fully saturated rings. The third-order valence-corrected chi connectivity index (χ3v) is 3.78. The van der Waals surface area contributed by atoms with Gasteiger partial charge < -0.3 is 10.5 Å². The largest absolute Gasteiger partial charge is 0.469 e. The molecule has 0 bridgehead atoms. The minimum absolute atomic E-state index is 0.0477. The Bertz CT molecular complexity index is 194. The maximum Gasteiger partial charge on any atom is 0.306 e. The highest BCUT2D eigenvalue weighted by Crippen LogP contribution is 2.37. The van der Waals surface area contributed by atoms with Gasteiger partial charge in [0.15, 0.2) is 0 Å². The Morgan fingerprint density at radius 3 is 2.27 bits per heavy atom. The van der Waals surface area contributed by atoms with Crippen LogP contribution in [-0.4, -0.2) is 19.1 Å². The lowest BCUT2D eigenvalue weighted by molar-refractivity contribution is -0.144. The van der Waals surface area contributed by atoms with Crippen LogP contribution in [0.3, 0.4) is 0 Å². The fraction of sp³-hybridized carbons (Fsp3) is 0.917. The van der Waals surface area contributed by atoms with Crippen molar-refractivity contribution in [2.75, 3.05) is 7.11 Å². The number of nitrogens with two attached hydrogens (primary N) is 1. The lowest BCUT2D eigenvalue weighted by Gasteiger charge is -2.39. The normalized spacial score (nSPS) is 19.1. The van der Waals surface area contributed by atoms with Gasteiger partial charge in [0.2, 0.25) is 0 Å². The lowest BCUT2D eigenvalue weighted by atomic mass is 9.68. The number of carbonyl (C=O) groups excluding carboxylic acids is 1. The molecule has 90 valence electrons. The fourth-order valence-electron chi connectivity index (χ4n) is 1.99. The Morgan fingerprint density at radius 2 is 1.93 bits per heavy atom. The number of carbonyl (C=O) groups is 1. The molecule has 3 heteroatoms. The summed E-state index contributed by atoms with van der Waals surface area (Å²) in [5.41, 5.74) is 5.97. The third-order valence-electron chi connectivity index (χ3n) is 3.78. The van der Waals surface area contributed by atoms with E-state index in [2.05, 4.69) is 27.7 Å². The molecule has 0 amide bonds. The van der Waals surface area contributed by atoms with Crippen molar-refractivity contribution in [2.24, 2.45) is 17.1 Å². The van der Waals surface area contributed by atoms with E-state index in [0.717, 1.165) is 12.8 Å². The molecule has 0 aliphatic rings. The van der Waals surface area contributed by atoms with Crippen molar-refractivity contribution in [1.29, 1.82) is 0 Å². The Labute approximate surface area is 93.4 Å². The second kappa shape index (κ2) is 6.11. The third kappa shape index (κ3) is 3.49. The molecular weight excluding hydrogens is 190 g/mol. The predicted molar refractivity (Wildman–Crippen MR) is 62.5 cm³/mol. The molecule has 0 radical (unpaired) electrons. The highest BCUT2D eigenvalue weighted by Gasteiger charge is 2.37. The van der Waals surface area contributed by atoms with Gasteiger partial charge in [0.1, 0.15) is 0 Å². The second-order valence-electron chi connectivity index (χ2n) is 4.58. The lowest BCUT2D eigenvalue weighted by Crippen LogP contribution is -2.45. The number of hydrogen-bond acceptors (Lipinski definition) is 3. The smallest absolute Gasteiger partial charge is 0.306 e. The van der Waals surface area contributed by atoms with E-state index >= 15 is 0 Å². The van der Waals surface area contributed by atoms with E-state index in [9.17, 15) is 4.79 Å². The zero-order valence-electron chi connectivity index (χ0n) is 10.7. The minimum atomic E-state index is -0.165. The van der Waals surface area contributed by atoms with E-state index in [1.807, 2.05) is 0 Å². The van der Waals surface area contributed by atoms with Crippen molar-refractivity contribution in [3.05, 3.63) is 0 Å². The van der Waals surface area contributed by atoms with Gasteiger partial charge in [-0.05, 0) is 17.8 Å². The van der Waals surface area contributed by atoms with Crippen molar-refractivity contribution in [2.45, 2.75) is 53.0 Å². The molecule has 3 atom stereocenters. The average Bonchev–Trinajstić information content (AvgIpc) is 2.25. The second-order valence-corrected chi connectivity index (χ2v) is 4.58. The van der Waals surface area contributed by atoms with Gasteiger partial charge in [-0.1, -0.05) is 34.1 Å². The summed E-state index contributed by atoms with van der Waals surface area (Å²) < 4.78 is 4.74. The van der Waals surface area contributed by atoms with E-state index in [0.29, 0.717) is 12.3 Å². The van der Waals surface area contributed by atoms with Crippen molar-refractivity contribution in [1.82, 2.24) is 0 Å². The van der Waals surface area contributed by atoms with E-state index in [1.165, 1.54) is 7.11 Å². The summed E-state index contributed by atoms with van der Waals surface area (Å²) >= 11 is 0. The monoisotopic (exact) mass is 215 g/mol. The van der Waals surface area contributed by atoms with Gasteiger partial charge in [-0.2, -0.15) is 0 Å². The quantitative estimate of drug-likeness (QED) is 0.692. The van der Waals surface area contributed by atoms with Crippen LogP contribution >= 0.6 is 0 Å². The van der Waals surface area contributed by atoms with Crippen LogP contribution in [0.1, 0.15) is 47.0 Å². The van der Waals surface area contributed by atoms with Crippen molar-refractivity contribution in [3.8, 4) is 0 Å². The number of methoxy groups -OCH3 is 1. The van der Waals surface area contributed by atoms with Gasteiger partial charge in [0.25, 0.3) is 0 Å². The zero-order valence-corrected chi connectivity index (χ0v) is 10.7. The number of hydrogen-bond donors (Lipinski definition) is 1. The standard InChI is InChI=1S/C12H25NO2/c1-6-9(3)12(4,10(13)7-2)8-11(14)15-5/h9-10H,6-8,13H2,1-5H3. The molecule has 0 aromatic heterocycles. The molecule has 0 saturated carbocycles. The van der Waals surface area contributed by atoms with Gasteiger partial charge in [0.05, 0.1) is 13.5 Å². The molecule has 15 heavy (non-hydrogen) atoms. The summed E-state index contributed by atoms with van der Waals surface area (Å²) in [6.07, 6.45) is 2.33. The highest BCUT2D eigenvalue weighted by atomic mass is 16.5. The first-order chi connectivity index (χ1) is 6.92. The molecule has 3 nitrogen and oxygen atoms in total. The highest BCUT2D eigenvalue weighted by molar-refractivity contribution is 5.70. The first-order valence-electron chi connectivity index (χ1n) is 5.74. The number of rotatable bonds is 6. The molecule has 0 aromatic carbocycles. The first kappa shape index (κ1) is 14.4. The van der Waals surface area contributed by atoms with Crippen LogP contribution in [0, 0.1) is 11.3 Å². The van der Waals surface area contributed by atoms with E-state index in [4.69, 9.17) is 10.5 Å². The zero-order chi connectivity index (χ0) is 12.1. The van der Waals surface area contributed by atoms with E-state index in [-0.39, 0.29) is 17.4 Å². The van der Waals surface area contributed by atoms with Gasteiger partial charge in [0, 0.05) is 6.04 Å². The maximum atomic E-state index is 11.4. The summed E-state index contributed by atoms with van der Waals surface area (Å²) in [5, 5.41) is 0. The SMILES string of the molecule is CCC(C)C(C)(CC(=O)OC)C(N)CC. The van der Waals surface area contributed by atoms with Crippen LogP contribution in [-0.2, 0) is 9.53 Å². The number of esters is 1. The van der Waals surface area contributed by atoms with Crippen molar-refractivity contribution in [3.63, 3.8) is 0 Å². The van der Waals surface area contributed by atoms with Crippen LogP contribution in [0.4, 0.5) is 0 Å². The number of ether oxygens (including phenoxy) is 1. The molecule has 0 aliphatic heterocycles. The summed E-state index contributed by atoms with van der Waals surface area (Å²) in [6.45, 7) is 8.43. The molecule has 0 aromatic rings. The van der Waals surface area contributed by atoms with Gasteiger partial charge in [-0.25, -0.2) is 0 Å². The van der Waals surface area contributed by atoms with Crippen LogP contribution in [0.2, 0.25) is 0 Å². The Hall–Kier alpha value is -0.570. The summed E-state index contributed by atoms with van der Waals surface area (Å²) in [7, 11) is 1.43. The molecule has 0 saturated heterocycles. The van der Waals surface area contributed by atoms with E-state index < -0.39 is 0 Å². The molecule has 0 heterocycles. The summed E-state index contributed by atoms with van der Waals surface area (Å²) in [5.74, 6) is 0.258. The van der Waals surface area contributed by atoms with Gasteiger partial charge >= 0.3 is 5.97 Å². The molecule has 2 N–H and O–H groups in total. The Balaban J connectivity index is 4.76. The topological polar surface area (TPSA) is 52.3 Å². The van der Waals surface area contributed by atoms with Crippen molar-refractivity contribution < 1.29 is 9.53 Å². The van der Waals surface area contributed by atoms with Crippen LogP contribution < -0.4 is 5.73 Å². The van der Waals surface area contributed by atoms with E-state index in [1.54, 1.807) is 0 Å². The summed E-state index contributed by atoms with van der Waals surface area (Å²) in [4.78, 5) is 11.4. The van der Waals surface area contributed by atoms with Crippen molar-refractivity contribution >= 4 is 5.97 Å². The summed E-state index contributed by atoms with van der Waals surface area (Å²) in [6, 6.07) is 0.0477. The fourth-order valence-corrected chi connectivity index (χ4v) is 1.99. The van der Waals surface area contributed by atoms with Crippen LogP contribution in [0.5, 0.6) is 0 Å². The van der Waals surface area contributed by atoms with Gasteiger partial charge in [-0.15, -0.1) is 0 Å². The minimum Gasteiger partial charge on any atom is -0.469 e. The molecule has 0 aliphatic carbocycles. The maximum absolute atomic E-state index is 11.4. The predicted octanol–water partition coefficient (Wildman–Crippen LogP) is 2.34. The molecule has 0 rings (SSSR count). The molecule has 3 unspecified atom stereocenters. The molecule has 0 spiro atoms.